The predicted octanol–water partition coefficient (Wildman–Crippen LogP) is 1.40. The summed E-state index contributed by atoms with van der Waals surface area (Å²) >= 11 is 0. The van der Waals surface area contributed by atoms with Gasteiger partial charge in [-0.2, -0.15) is 0 Å². The highest BCUT2D eigenvalue weighted by Crippen LogP contribution is 2.13. The Morgan fingerprint density at radius 1 is 1.37 bits per heavy atom. The zero-order valence-electron chi connectivity index (χ0n) is 13.1. The van der Waals surface area contributed by atoms with Crippen molar-refractivity contribution in [3.63, 3.8) is 0 Å². The van der Waals surface area contributed by atoms with Gasteiger partial charge in [0.25, 0.3) is 0 Å². The fourth-order valence-electron chi connectivity index (χ4n) is 2.00. The molecule has 0 spiro atoms. The summed E-state index contributed by atoms with van der Waals surface area (Å²) in [4.78, 5) is 13.9. The number of hydrogen-bond donors (Lipinski definition) is 1. The van der Waals surface area contributed by atoms with E-state index < -0.39 is 5.54 Å². The van der Waals surface area contributed by atoms with E-state index in [1.807, 2.05) is 0 Å². The van der Waals surface area contributed by atoms with Crippen LogP contribution in [0.1, 0.15) is 40.0 Å². The number of carbonyl (C=O) groups excluding carboxylic acids is 1. The molecular formula is C14H30N2O3. The Hall–Kier alpha value is -0.650. The summed E-state index contributed by atoms with van der Waals surface area (Å²) in [5.41, 5.74) is 5.06. The Kier molecular flexibility index (Phi) is 8.97. The molecule has 5 nitrogen and oxygen atoms in total. The van der Waals surface area contributed by atoms with Gasteiger partial charge in [0, 0.05) is 19.7 Å². The van der Waals surface area contributed by atoms with Crippen molar-refractivity contribution in [3.05, 3.63) is 0 Å². The number of methoxy groups -OCH3 is 2. The molecule has 5 heteroatoms. The van der Waals surface area contributed by atoms with Crippen LogP contribution >= 0.6 is 0 Å². The van der Waals surface area contributed by atoms with Crippen LogP contribution < -0.4 is 5.73 Å². The Labute approximate surface area is 117 Å². The quantitative estimate of drug-likeness (QED) is 0.610. The molecule has 0 aliphatic rings. The van der Waals surface area contributed by atoms with Crippen molar-refractivity contribution >= 4 is 5.97 Å². The first-order valence-electron chi connectivity index (χ1n) is 6.99. The third kappa shape index (κ3) is 6.89. The van der Waals surface area contributed by atoms with Crippen molar-refractivity contribution in [1.82, 2.24) is 4.90 Å². The minimum Gasteiger partial charge on any atom is -0.468 e. The van der Waals surface area contributed by atoms with Crippen molar-refractivity contribution in [1.29, 1.82) is 0 Å². The predicted molar refractivity (Wildman–Crippen MR) is 77.0 cm³/mol. The lowest BCUT2D eigenvalue weighted by molar-refractivity contribution is -0.146. The summed E-state index contributed by atoms with van der Waals surface area (Å²) in [6.07, 6.45) is 2.59. The maximum atomic E-state index is 11.5. The van der Waals surface area contributed by atoms with E-state index in [4.69, 9.17) is 15.2 Å². The lowest BCUT2D eigenvalue weighted by Gasteiger charge is -2.29. The minimum absolute atomic E-state index is 0.348. The SMILES string of the molecule is CCC(C)N(CCCC(C)(N)C(=O)OC)CCOC. The summed E-state index contributed by atoms with van der Waals surface area (Å²) in [7, 11) is 3.08. The molecule has 0 aromatic carbocycles. The van der Waals surface area contributed by atoms with Crippen LogP contribution in [0.15, 0.2) is 0 Å². The highest BCUT2D eigenvalue weighted by molar-refractivity contribution is 5.79. The molecule has 0 aliphatic heterocycles. The average Bonchev–Trinajstić information content (AvgIpc) is 2.40. The van der Waals surface area contributed by atoms with Gasteiger partial charge in [-0.15, -0.1) is 0 Å². The first-order valence-corrected chi connectivity index (χ1v) is 6.99. The molecule has 0 heterocycles. The molecule has 0 aromatic rings. The standard InChI is InChI=1S/C14H30N2O3/c1-6-12(2)16(10-11-18-4)9-7-8-14(3,15)13(17)19-5/h12H,6-11,15H2,1-5H3. The fraction of sp³-hybridized carbons (Fsp3) is 0.929. The second-order valence-electron chi connectivity index (χ2n) is 5.30. The van der Waals surface area contributed by atoms with Crippen LogP contribution in [0.5, 0.6) is 0 Å². The summed E-state index contributed by atoms with van der Waals surface area (Å²) < 4.78 is 9.84. The minimum atomic E-state index is -0.892. The highest BCUT2D eigenvalue weighted by atomic mass is 16.5. The highest BCUT2D eigenvalue weighted by Gasteiger charge is 2.29. The Balaban J connectivity index is 4.21. The zero-order chi connectivity index (χ0) is 14.9. The molecule has 0 saturated heterocycles. The van der Waals surface area contributed by atoms with E-state index in [-0.39, 0.29) is 5.97 Å². The average molecular weight is 274 g/mol. The number of nitrogens with zero attached hydrogens (tertiary/aromatic N) is 1. The number of ether oxygens (including phenoxy) is 2. The van der Waals surface area contributed by atoms with Gasteiger partial charge >= 0.3 is 5.97 Å². The van der Waals surface area contributed by atoms with E-state index in [1.54, 1.807) is 14.0 Å². The summed E-state index contributed by atoms with van der Waals surface area (Å²) in [5, 5.41) is 0. The molecule has 0 radical (unpaired) electrons. The van der Waals surface area contributed by atoms with E-state index in [9.17, 15) is 4.79 Å². The number of nitrogens with two attached hydrogens (primary N) is 1. The molecule has 0 amide bonds. The maximum absolute atomic E-state index is 11.5. The van der Waals surface area contributed by atoms with Gasteiger partial charge in [-0.25, -0.2) is 0 Å². The first kappa shape index (κ1) is 18.4. The van der Waals surface area contributed by atoms with Crippen LogP contribution in [0.4, 0.5) is 0 Å². The van der Waals surface area contributed by atoms with Crippen LogP contribution in [0.3, 0.4) is 0 Å². The van der Waals surface area contributed by atoms with E-state index in [2.05, 4.69) is 18.7 Å². The molecule has 0 bridgehead atoms. The summed E-state index contributed by atoms with van der Waals surface area (Å²) in [6.45, 7) is 8.65. The third-order valence-electron chi connectivity index (χ3n) is 3.59. The molecule has 2 atom stereocenters. The summed E-state index contributed by atoms with van der Waals surface area (Å²) in [5.74, 6) is -0.348. The third-order valence-corrected chi connectivity index (χ3v) is 3.59. The molecule has 2 unspecified atom stereocenters. The lowest BCUT2D eigenvalue weighted by Crippen LogP contribution is -2.46. The van der Waals surface area contributed by atoms with Crippen LogP contribution in [0.25, 0.3) is 0 Å². The van der Waals surface area contributed by atoms with E-state index in [1.165, 1.54) is 7.11 Å². The fourth-order valence-corrected chi connectivity index (χ4v) is 2.00. The van der Waals surface area contributed by atoms with Crippen LogP contribution in [0, 0.1) is 0 Å². The van der Waals surface area contributed by atoms with Gasteiger partial charge in [-0.05, 0) is 39.7 Å². The van der Waals surface area contributed by atoms with Crippen molar-refractivity contribution in [3.8, 4) is 0 Å². The number of carbonyl (C=O) groups is 1. The Bertz CT molecular complexity index is 257. The smallest absolute Gasteiger partial charge is 0.325 e. The van der Waals surface area contributed by atoms with Crippen molar-refractivity contribution in [2.24, 2.45) is 5.73 Å². The summed E-state index contributed by atoms with van der Waals surface area (Å²) in [6, 6.07) is 0.511. The van der Waals surface area contributed by atoms with Gasteiger partial charge < -0.3 is 15.2 Å². The molecule has 0 saturated carbocycles. The Morgan fingerprint density at radius 2 is 2.00 bits per heavy atom. The molecule has 2 N–H and O–H groups in total. The Morgan fingerprint density at radius 3 is 2.47 bits per heavy atom. The van der Waals surface area contributed by atoms with E-state index >= 15 is 0 Å². The van der Waals surface area contributed by atoms with Crippen molar-refractivity contribution in [2.45, 2.75) is 51.6 Å². The maximum Gasteiger partial charge on any atom is 0.325 e. The molecule has 0 rings (SSSR count). The van der Waals surface area contributed by atoms with Gasteiger partial charge in [0.1, 0.15) is 5.54 Å². The van der Waals surface area contributed by atoms with Gasteiger partial charge in [0.15, 0.2) is 0 Å². The van der Waals surface area contributed by atoms with Gasteiger partial charge in [-0.3, -0.25) is 9.69 Å². The van der Waals surface area contributed by atoms with Gasteiger partial charge in [-0.1, -0.05) is 6.92 Å². The molecule has 19 heavy (non-hydrogen) atoms. The normalized spacial score (nSPS) is 16.2. The van der Waals surface area contributed by atoms with Crippen LogP contribution in [-0.2, 0) is 14.3 Å². The topological polar surface area (TPSA) is 64.8 Å². The van der Waals surface area contributed by atoms with Crippen molar-refractivity contribution in [2.75, 3.05) is 33.9 Å². The van der Waals surface area contributed by atoms with Crippen LogP contribution in [0.2, 0.25) is 0 Å². The molecule has 0 fully saturated rings. The molecule has 0 aromatic heterocycles. The van der Waals surface area contributed by atoms with E-state index in [0.717, 1.165) is 32.5 Å². The monoisotopic (exact) mass is 274 g/mol. The van der Waals surface area contributed by atoms with Crippen LogP contribution in [-0.4, -0.2) is 56.4 Å². The second kappa shape index (κ2) is 9.28. The van der Waals surface area contributed by atoms with Gasteiger partial charge in [0.05, 0.1) is 13.7 Å². The molecular weight excluding hydrogens is 244 g/mol. The first-order chi connectivity index (χ1) is 8.88. The zero-order valence-corrected chi connectivity index (χ0v) is 13.1. The number of rotatable bonds is 10. The van der Waals surface area contributed by atoms with E-state index in [0.29, 0.717) is 12.5 Å². The number of hydrogen-bond acceptors (Lipinski definition) is 5. The van der Waals surface area contributed by atoms with Gasteiger partial charge in [0.2, 0.25) is 0 Å². The lowest BCUT2D eigenvalue weighted by atomic mass is 9.97. The second-order valence-corrected chi connectivity index (χ2v) is 5.30. The largest absolute Gasteiger partial charge is 0.468 e. The molecule has 114 valence electrons. The molecule has 0 aliphatic carbocycles. The van der Waals surface area contributed by atoms with Crippen molar-refractivity contribution < 1.29 is 14.3 Å². The number of esters is 1.